The Morgan fingerprint density at radius 1 is 0.848 bits per heavy atom. The van der Waals surface area contributed by atoms with Crippen LogP contribution >= 0.6 is 0 Å². The van der Waals surface area contributed by atoms with Gasteiger partial charge < -0.3 is 14.9 Å². The first kappa shape index (κ1) is 23.8. The average molecular weight is 469 g/mol. The predicted molar refractivity (Wildman–Crippen MR) is 123 cm³/mol. The molecule has 3 aromatic rings. The molecule has 0 spiro atoms. The summed E-state index contributed by atoms with van der Waals surface area (Å²) in [6.07, 6.45) is 0. The number of nitrogens with zero attached hydrogens (tertiary/aromatic N) is 1. The van der Waals surface area contributed by atoms with Gasteiger partial charge in [-0.1, -0.05) is 40.9 Å². The zero-order valence-corrected chi connectivity index (χ0v) is 19.2. The fourth-order valence-corrected chi connectivity index (χ4v) is 4.16. The molecule has 3 rings (SSSR count). The summed E-state index contributed by atoms with van der Waals surface area (Å²) in [5, 5.41) is 2.56. The van der Waals surface area contributed by atoms with Gasteiger partial charge in [0.2, 0.25) is 0 Å². The van der Waals surface area contributed by atoms with Gasteiger partial charge >= 0.3 is 5.97 Å². The molecular weight excluding hydrogens is 444 g/mol. The van der Waals surface area contributed by atoms with Crippen LogP contribution in [0.1, 0.15) is 24.2 Å². The second kappa shape index (κ2) is 9.74. The molecule has 0 aromatic heterocycles. The van der Waals surface area contributed by atoms with Crippen LogP contribution in [0.5, 0.6) is 5.75 Å². The number of amides is 1. The van der Waals surface area contributed by atoms with Crippen LogP contribution in [0.3, 0.4) is 0 Å². The van der Waals surface area contributed by atoms with E-state index in [-0.39, 0.29) is 10.5 Å². The summed E-state index contributed by atoms with van der Waals surface area (Å²) in [5.41, 5.74) is -0.756. The molecule has 0 bridgehead atoms. The van der Waals surface area contributed by atoms with E-state index < -0.39 is 27.4 Å². The highest BCUT2D eigenvalue weighted by atomic mass is 32.2. The maximum atomic E-state index is 13.4. The fraction of sp³-hybridized carbons (Fsp3) is 0.167. The Labute approximate surface area is 192 Å². The fourth-order valence-electron chi connectivity index (χ4n) is 2.90. The minimum absolute atomic E-state index is 0.0777. The predicted octanol–water partition coefficient (Wildman–Crippen LogP) is 3.56. The van der Waals surface area contributed by atoms with Crippen LogP contribution in [-0.2, 0) is 19.6 Å². The summed E-state index contributed by atoms with van der Waals surface area (Å²) >= 11 is 0. The number of methoxy groups -OCH3 is 1. The van der Waals surface area contributed by atoms with Crippen LogP contribution in [0.4, 0.5) is 5.69 Å². The Kier molecular flexibility index (Phi) is 7.03. The monoisotopic (exact) mass is 468 g/mol. The van der Waals surface area contributed by atoms with Crippen molar-refractivity contribution in [2.75, 3.05) is 11.6 Å². The van der Waals surface area contributed by atoms with Crippen LogP contribution < -0.4 is 14.6 Å². The molecule has 0 saturated heterocycles. The van der Waals surface area contributed by atoms with Crippen molar-refractivity contribution in [2.45, 2.75) is 24.3 Å². The molecule has 0 unspecified atom stereocenters. The maximum absolute atomic E-state index is 13.4. The van der Waals surface area contributed by atoms with Crippen LogP contribution in [0.25, 0.3) is 0 Å². The highest BCUT2D eigenvalue weighted by Crippen LogP contribution is 2.26. The molecular formula is C24H24N2O6S. The highest BCUT2D eigenvalue weighted by molar-refractivity contribution is 7.92. The van der Waals surface area contributed by atoms with Crippen molar-refractivity contribution in [3.05, 3.63) is 90.5 Å². The molecule has 0 aliphatic heterocycles. The van der Waals surface area contributed by atoms with E-state index in [1.807, 2.05) is 0 Å². The first-order valence-electron chi connectivity index (χ1n) is 9.99. The van der Waals surface area contributed by atoms with Crippen LogP contribution in [0, 0.1) is 0 Å². The van der Waals surface area contributed by atoms with Gasteiger partial charge in [-0.2, -0.15) is 8.42 Å². The van der Waals surface area contributed by atoms with E-state index in [2.05, 4.69) is 10.1 Å². The summed E-state index contributed by atoms with van der Waals surface area (Å²) in [5.74, 6) is -0.813. The van der Waals surface area contributed by atoms with Crippen LogP contribution in [0.15, 0.2) is 89.8 Å². The number of carbonyl (C=O) groups is 2. The average Bonchev–Trinajstić information content (AvgIpc) is 2.82. The first-order valence-corrected chi connectivity index (χ1v) is 11.4. The third kappa shape index (κ3) is 5.50. The Balaban J connectivity index is 1.89. The lowest BCUT2D eigenvalue weighted by atomic mass is 10.1. The Morgan fingerprint density at radius 2 is 1.39 bits per heavy atom. The second-order valence-electron chi connectivity index (χ2n) is 7.57. The van der Waals surface area contributed by atoms with Gasteiger partial charge in [-0.25, -0.2) is 4.79 Å². The number of anilines is 1. The van der Waals surface area contributed by atoms with Crippen molar-refractivity contribution in [3.63, 3.8) is 0 Å². The smallest absolute Gasteiger partial charge is 0.330 e. The van der Waals surface area contributed by atoms with Crippen LogP contribution in [-0.4, -0.2) is 32.9 Å². The minimum Gasteiger partial charge on any atom is -0.467 e. The number of ether oxygens (including phenoxy) is 1. The molecule has 1 N–H and O–H groups in total. The molecule has 33 heavy (non-hydrogen) atoms. The second-order valence-corrected chi connectivity index (χ2v) is 9.32. The van der Waals surface area contributed by atoms with E-state index in [4.69, 9.17) is 4.84 Å². The molecule has 0 aliphatic rings. The molecule has 0 radical (unpaired) electrons. The van der Waals surface area contributed by atoms with Gasteiger partial charge in [0.25, 0.3) is 15.9 Å². The highest BCUT2D eigenvalue weighted by Gasteiger charge is 2.31. The number of benzene rings is 3. The van der Waals surface area contributed by atoms with Gasteiger partial charge in [-0.15, -0.1) is 0 Å². The third-order valence-electron chi connectivity index (χ3n) is 4.65. The number of rotatable bonds is 8. The maximum Gasteiger partial charge on any atom is 0.330 e. The molecule has 0 atom stereocenters. The number of carbonyl (C=O) groups excluding carboxylic acids is 2. The Hall–Kier alpha value is -3.85. The number of para-hydroxylation sites is 2. The zero-order chi connectivity index (χ0) is 24.1. The van der Waals surface area contributed by atoms with Crippen molar-refractivity contribution < 1.29 is 27.6 Å². The van der Waals surface area contributed by atoms with Gasteiger partial charge in [0.1, 0.15) is 5.54 Å². The topological polar surface area (TPSA) is 102 Å². The lowest BCUT2D eigenvalue weighted by Gasteiger charge is -2.24. The van der Waals surface area contributed by atoms with Gasteiger partial charge in [-0.3, -0.25) is 4.79 Å². The first-order chi connectivity index (χ1) is 15.6. The normalized spacial score (nSPS) is 11.4. The summed E-state index contributed by atoms with van der Waals surface area (Å²) in [7, 11) is -2.91. The Bertz CT molecular complexity index is 1210. The Morgan fingerprint density at radius 3 is 1.94 bits per heavy atom. The van der Waals surface area contributed by atoms with Crippen molar-refractivity contribution in [1.82, 2.24) is 5.32 Å². The van der Waals surface area contributed by atoms with Gasteiger partial charge in [0, 0.05) is 5.56 Å². The molecule has 0 aliphatic carbocycles. The molecule has 172 valence electrons. The van der Waals surface area contributed by atoms with Gasteiger partial charge in [0.15, 0.2) is 5.75 Å². The molecule has 8 nitrogen and oxygen atoms in total. The molecule has 3 aromatic carbocycles. The van der Waals surface area contributed by atoms with E-state index in [1.54, 1.807) is 60.7 Å². The number of nitrogens with one attached hydrogen (secondary N) is 1. The van der Waals surface area contributed by atoms with Crippen molar-refractivity contribution in [1.29, 1.82) is 0 Å². The molecule has 0 saturated carbocycles. The lowest BCUT2D eigenvalue weighted by molar-refractivity contribution is -0.146. The molecule has 0 heterocycles. The lowest BCUT2D eigenvalue weighted by Crippen LogP contribution is -2.50. The number of sulfonamides is 1. The van der Waals surface area contributed by atoms with E-state index in [1.165, 1.54) is 45.2 Å². The zero-order valence-electron chi connectivity index (χ0n) is 18.4. The summed E-state index contributed by atoms with van der Waals surface area (Å²) in [6, 6.07) is 22.2. The summed E-state index contributed by atoms with van der Waals surface area (Å²) in [4.78, 5) is 30.0. The largest absolute Gasteiger partial charge is 0.467 e. The minimum atomic E-state index is -4.14. The van der Waals surface area contributed by atoms with E-state index in [9.17, 15) is 18.0 Å². The van der Waals surface area contributed by atoms with Crippen molar-refractivity contribution in [2.24, 2.45) is 0 Å². The quantitative estimate of drug-likeness (QED) is 0.401. The van der Waals surface area contributed by atoms with Crippen molar-refractivity contribution in [3.8, 4) is 5.75 Å². The van der Waals surface area contributed by atoms with E-state index >= 15 is 0 Å². The molecule has 1 amide bonds. The summed E-state index contributed by atoms with van der Waals surface area (Å²) < 4.78 is 32.3. The van der Waals surface area contributed by atoms with E-state index in [0.717, 1.165) is 4.47 Å². The SMILES string of the molecule is COC(=O)C(C)(C)NC(=O)c1ccc(S(=O)(=O)N(Oc2ccccc2)c2ccccc2)cc1. The van der Waals surface area contributed by atoms with Crippen molar-refractivity contribution >= 4 is 27.6 Å². The van der Waals surface area contributed by atoms with Gasteiger partial charge in [-0.05, 0) is 62.4 Å². The van der Waals surface area contributed by atoms with Crippen LogP contribution in [0.2, 0.25) is 0 Å². The molecule has 0 fully saturated rings. The number of hydrogen-bond donors (Lipinski definition) is 1. The van der Waals surface area contributed by atoms with E-state index in [0.29, 0.717) is 11.4 Å². The number of hydrogen-bond acceptors (Lipinski definition) is 6. The summed E-state index contributed by atoms with van der Waals surface area (Å²) in [6.45, 7) is 3.02. The van der Waals surface area contributed by atoms with Gasteiger partial charge in [0.05, 0.1) is 17.7 Å². The molecule has 9 heteroatoms. The third-order valence-corrected chi connectivity index (χ3v) is 6.24. The standard InChI is InChI=1S/C24H24N2O6S/c1-24(2,23(28)31-3)25-22(27)18-14-16-21(17-15-18)33(29,30)26(19-10-6-4-7-11-19)32-20-12-8-5-9-13-20/h4-17H,1-3H3,(H,25,27). The number of esters is 1.